The van der Waals surface area contributed by atoms with E-state index in [1.807, 2.05) is 26.1 Å². The topological polar surface area (TPSA) is 64.7 Å². The van der Waals surface area contributed by atoms with Crippen LogP contribution < -0.4 is 10.0 Å². The Kier molecular flexibility index (Phi) is 5.22. The van der Waals surface area contributed by atoms with Crippen LogP contribution in [0.1, 0.15) is 31.2 Å². The Bertz CT molecular complexity index is 770. The number of rotatable bonds is 3. The van der Waals surface area contributed by atoms with E-state index in [0.29, 0.717) is 23.9 Å². The SMILES string of the molecule is Cc1cc2c(cc1S(=O)(=O)N1CCN(C)CC1)SN[C@@H](C1CCCC1)N2. The van der Waals surface area contributed by atoms with E-state index in [-0.39, 0.29) is 6.17 Å². The van der Waals surface area contributed by atoms with Crippen molar-refractivity contribution >= 4 is 27.7 Å². The van der Waals surface area contributed by atoms with Gasteiger partial charge >= 0.3 is 0 Å². The number of piperazine rings is 1. The first-order valence-corrected chi connectivity index (χ1v) is 11.7. The molecule has 26 heavy (non-hydrogen) atoms. The van der Waals surface area contributed by atoms with E-state index in [2.05, 4.69) is 14.9 Å². The van der Waals surface area contributed by atoms with Gasteiger partial charge in [-0.2, -0.15) is 4.31 Å². The minimum atomic E-state index is -3.44. The van der Waals surface area contributed by atoms with Crippen molar-refractivity contribution in [3.05, 3.63) is 17.7 Å². The zero-order valence-electron chi connectivity index (χ0n) is 15.5. The lowest BCUT2D eigenvalue weighted by atomic mass is 10.0. The molecule has 0 radical (unpaired) electrons. The number of benzene rings is 1. The van der Waals surface area contributed by atoms with E-state index in [9.17, 15) is 8.42 Å². The molecule has 1 saturated carbocycles. The summed E-state index contributed by atoms with van der Waals surface area (Å²) in [6, 6.07) is 3.85. The lowest BCUT2D eigenvalue weighted by Crippen LogP contribution is -2.47. The Morgan fingerprint density at radius 3 is 2.50 bits per heavy atom. The second-order valence-corrected chi connectivity index (χ2v) is 10.5. The Hall–Kier alpha value is -0.800. The number of nitrogens with one attached hydrogen (secondary N) is 2. The highest BCUT2D eigenvalue weighted by atomic mass is 32.2. The molecule has 0 spiro atoms. The van der Waals surface area contributed by atoms with Crippen molar-refractivity contribution in [3.8, 4) is 0 Å². The second-order valence-electron chi connectivity index (χ2n) is 7.71. The number of hydrogen-bond acceptors (Lipinski definition) is 6. The minimum Gasteiger partial charge on any atom is -0.368 e. The van der Waals surface area contributed by atoms with Gasteiger partial charge in [0.15, 0.2) is 0 Å². The summed E-state index contributed by atoms with van der Waals surface area (Å²) in [5.74, 6) is 0.657. The van der Waals surface area contributed by atoms with Crippen LogP contribution in [0.3, 0.4) is 0 Å². The third-order valence-corrected chi connectivity index (χ3v) is 8.81. The number of aryl methyl sites for hydroxylation is 1. The highest BCUT2D eigenvalue weighted by molar-refractivity contribution is 7.97. The van der Waals surface area contributed by atoms with Crippen molar-refractivity contribution in [1.29, 1.82) is 0 Å². The molecule has 0 bridgehead atoms. The Labute approximate surface area is 160 Å². The first-order valence-electron chi connectivity index (χ1n) is 9.47. The van der Waals surface area contributed by atoms with E-state index in [1.165, 1.54) is 25.7 Å². The Morgan fingerprint density at radius 2 is 1.81 bits per heavy atom. The van der Waals surface area contributed by atoms with E-state index in [0.717, 1.165) is 29.2 Å². The number of likely N-dealkylation sites (N-methyl/N-ethyl adjacent to an activating group) is 1. The summed E-state index contributed by atoms with van der Waals surface area (Å²) in [5, 5.41) is 3.60. The molecule has 0 aromatic heterocycles. The van der Waals surface area contributed by atoms with Gasteiger partial charge in [0.05, 0.1) is 16.7 Å². The fraction of sp³-hybridized carbons (Fsp3) is 0.667. The zero-order valence-corrected chi connectivity index (χ0v) is 17.1. The van der Waals surface area contributed by atoms with Crippen LogP contribution in [0.25, 0.3) is 0 Å². The summed E-state index contributed by atoms with van der Waals surface area (Å²) in [6.07, 6.45) is 5.41. The smallest absolute Gasteiger partial charge is 0.243 e. The van der Waals surface area contributed by atoms with E-state index in [4.69, 9.17) is 0 Å². The fourth-order valence-corrected chi connectivity index (χ4v) is 6.78. The molecule has 1 aliphatic carbocycles. The summed E-state index contributed by atoms with van der Waals surface area (Å²) in [7, 11) is -1.41. The van der Waals surface area contributed by atoms with Crippen LogP contribution in [0, 0.1) is 12.8 Å². The van der Waals surface area contributed by atoms with E-state index in [1.54, 1.807) is 16.3 Å². The van der Waals surface area contributed by atoms with Gasteiger partial charge in [0.2, 0.25) is 10.0 Å². The molecule has 1 aromatic carbocycles. The third kappa shape index (κ3) is 3.49. The summed E-state index contributed by atoms with van der Waals surface area (Å²) in [4.78, 5) is 3.58. The van der Waals surface area contributed by atoms with Crippen LogP contribution in [0.5, 0.6) is 0 Å². The predicted octanol–water partition coefficient (Wildman–Crippen LogP) is 2.47. The van der Waals surface area contributed by atoms with Crippen LogP contribution in [0.15, 0.2) is 21.9 Å². The van der Waals surface area contributed by atoms with Crippen molar-refractivity contribution in [2.24, 2.45) is 5.92 Å². The summed E-state index contributed by atoms with van der Waals surface area (Å²) in [6.45, 7) is 4.59. The normalized spacial score (nSPS) is 25.8. The molecule has 2 N–H and O–H groups in total. The standard InChI is InChI=1S/C18H28N4O2S2/c1-13-11-15-16(25-20-18(19-15)14-5-3-4-6-14)12-17(13)26(23,24)22-9-7-21(2)8-10-22/h11-12,14,18-20H,3-10H2,1-2H3/t18-/m0/s1. The maximum Gasteiger partial charge on any atom is 0.243 e. The van der Waals surface area contributed by atoms with Gasteiger partial charge in [-0.05, 0) is 62.4 Å². The van der Waals surface area contributed by atoms with Crippen LogP contribution in [0.4, 0.5) is 5.69 Å². The van der Waals surface area contributed by atoms with Gasteiger partial charge in [0.1, 0.15) is 0 Å². The van der Waals surface area contributed by atoms with E-state index < -0.39 is 10.0 Å². The van der Waals surface area contributed by atoms with Crippen LogP contribution >= 0.6 is 11.9 Å². The third-order valence-electron chi connectivity index (χ3n) is 5.84. The lowest BCUT2D eigenvalue weighted by molar-refractivity contribution is 0.222. The molecular weight excluding hydrogens is 368 g/mol. The molecule has 1 saturated heterocycles. The first-order chi connectivity index (χ1) is 12.4. The maximum absolute atomic E-state index is 13.1. The molecule has 6 nitrogen and oxygen atoms in total. The second kappa shape index (κ2) is 7.31. The quantitative estimate of drug-likeness (QED) is 0.766. The molecule has 0 amide bonds. The van der Waals surface area contributed by atoms with Crippen LogP contribution in [-0.4, -0.2) is 57.0 Å². The van der Waals surface area contributed by atoms with Crippen molar-refractivity contribution < 1.29 is 8.42 Å². The molecule has 144 valence electrons. The lowest BCUT2D eigenvalue weighted by Gasteiger charge is -2.34. The monoisotopic (exact) mass is 396 g/mol. The number of sulfonamides is 1. The van der Waals surface area contributed by atoms with Gasteiger partial charge in [-0.25, -0.2) is 13.1 Å². The highest BCUT2D eigenvalue weighted by Gasteiger charge is 2.32. The largest absolute Gasteiger partial charge is 0.368 e. The molecule has 2 fully saturated rings. The van der Waals surface area contributed by atoms with Gasteiger partial charge in [0, 0.05) is 31.1 Å². The number of hydrogen-bond donors (Lipinski definition) is 2. The molecule has 4 rings (SSSR count). The van der Waals surface area contributed by atoms with Crippen molar-refractivity contribution in [2.75, 3.05) is 38.5 Å². The summed E-state index contributed by atoms with van der Waals surface area (Å²) in [5.41, 5.74) is 1.88. The molecule has 1 atom stereocenters. The number of nitrogens with zero attached hydrogens (tertiary/aromatic N) is 2. The Morgan fingerprint density at radius 1 is 1.12 bits per heavy atom. The molecule has 1 aromatic rings. The van der Waals surface area contributed by atoms with Gasteiger partial charge in [-0.3, -0.25) is 0 Å². The van der Waals surface area contributed by atoms with Crippen molar-refractivity contribution in [1.82, 2.24) is 13.9 Å². The number of fused-ring (bicyclic) bond motifs is 1. The first kappa shape index (κ1) is 18.6. The molecule has 0 unspecified atom stereocenters. The van der Waals surface area contributed by atoms with Gasteiger partial charge < -0.3 is 10.2 Å². The van der Waals surface area contributed by atoms with Gasteiger partial charge in [-0.15, -0.1) is 0 Å². The van der Waals surface area contributed by atoms with E-state index >= 15 is 0 Å². The van der Waals surface area contributed by atoms with Crippen molar-refractivity contribution in [2.45, 2.75) is 48.6 Å². The number of anilines is 1. The Balaban J connectivity index is 1.57. The average molecular weight is 397 g/mol. The fourth-order valence-electron chi connectivity index (χ4n) is 4.14. The predicted molar refractivity (Wildman–Crippen MR) is 106 cm³/mol. The highest BCUT2D eigenvalue weighted by Crippen LogP contribution is 2.39. The molecular formula is C18H28N4O2S2. The van der Waals surface area contributed by atoms with Gasteiger partial charge in [0.25, 0.3) is 0 Å². The molecule has 2 heterocycles. The molecule has 8 heteroatoms. The molecule has 3 aliphatic rings. The van der Waals surface area contributed by atoms with Crippen LogP contribution in [-0.2, 0) is 10.0 Å². The van der Waals surface area contributed by atoms with Crippen molar-refractivity contribution in [3.63, 3.8) is 0 Å². The maximum atomic E-state index is 13.1. The molecule has 2 aliphatic heterocycles. The summed E-state index contributed by atoms with van der Waals surface area (Å²) < 4.78 is 31.4. The minimum absolute atomic E-state index is 0.273. The van der Waals surface area contributed by atoms with Gasteiger partial charge in [-0.1, -0.05) is 12.8 Å². The van der Waals surface area contributed by atoms with Crippen LogP contribution in [0.2, 0.25) is 0 Å². The average Bonchev–Trinajstić information content (AvgIpc) is 3.15. The zero-order chi connectivity index (χ0) is 18.3. The summed E-state index contributed by atoms with van der Waals surface area (Å²) >= 11 is 1.57.